The van der Waals surface area contributed by atoms with Gasteiger partial charge in [0.25, 0.3) is 0 Å². The first-order valence-corrected chi connectivity index (χ1v) is 18.2. The Morgan fingerprint density at radius 1 is 0.657 bits per heavy atom. The predicted molar refractivity (Wildman–Crippen MR) is 159 cm³/mol. The van der Waals surface area contributed by atoms with Gasteiger partial charge in [0.05, 0.1) is 0 Å². The molecule has 0 bridgehead atoms. The van der Waals surface area contributed by atoms with Crippen molar-refractivity contribution in [2.45, 2.75) is 110 Å². The van der Waals surface area contributed by atoms with E-state index in [9.17, 15) is 5.16 Å². The zero-order valence-corrected chi connectivity index (χ0v) is 28.2. The Bertz CT molecular complexity index is 998. The van der Waals surface area contributed by atoms with Gasteiger partial charge in [0.15, 0.2) is 0 Å². The first-order valence-electron chi connectivity index (χ1n) is 12.1. The van der Waals surface area contributed by atoms with Gasteiger partial charge in [-0.05, 0) is 54.5 Å². The van der Waals surface area contributed by atoms with Crippen molar-refractivity contribution in [2.75, 3.05) is 0 Å². The fourth-order valence-corrected chi connectivity index (χ4v) is 10.1. The summed E-state index contributed by atoms with van der Waals surface area (Å²) in [5.41, 5.74) is 8.14. The molecule has 0 spiro atoms. The predicted octanol–water partition coefficient (Wildman–Crippen LogP) is 11.5. The molecule has 0 heterocycles. The van der Waals surface area contributed by atoms with E-state index in [1.807, 2.05) is 0 Å². The molecule has 35 heavy (non-hydrogen) atoms. The summed E-state index contributed by atoms with van der Waals surface area (Å²) in [6.45, 7) is 27.1. The van der Waals surface area contributed by atoms with Gasteiger partial charge in [0, 0.05) is 5.66 Å². The molecular weight excluding hydrogens is 524 g/mol. The van der Waals surface area contributed by atoms with Gasteiger partial charge in [-0.15, -0.1) is 0 Å². The molecule has 0 radical (unpaired) electrons. The molecule has 196 valence electrons. The van der Waals surface area contributed by atoms with E-state index in [0.29, 0.717) is 0 Å². The Labute approximate surface area is 233 Å². The van der Waals surface area contributed by atoms with Crippen molar-refractivity contribution in [3.63, 3.8) is 0 Å². The van der Waals surface area contributed by atoms with Gasteiger partial charge in [-0.25, -0.2) is 7.05 Å². The second-order valence-corrected chi connectivity index (χ2v) is 20.8. The van der Waals surface area contributed by atoms with Crippen molar-refractivity contribution >= 4 is 25.7 Å². The zero-order valence-electron chi connectivity index (χ0n) is 24.2. The van der Waals surface area contributed by atoms with Gasteiger partial charge in [0.2, 0.25) is 0 Å². The summed E-state index contributed by atoms with van der Waals surface area (Å²) in [5.74, 6) is 0. The Hall–Kier alpha value is -0.0357. The van der Waals surface area contributed by atoms with Crippen LogP contribution in [-0.4, -0.2) is 10.3 Å². The van der Waals surface area contributed by atoms with Crippen LogP contribution in [0.4, 0.5) is 0 Å². The Morgan fingerprint density at radius 3 is 1.17 bits per heavy atom. The molecule has 0 N–H and O–H groups in total. The molecule has 0 saturated carbocycles. The van der Waals surface area contributed by atoms with E-state index < -0.39 is 24.1 Å². The fourth-order valence-electron chi connectivity index (χ4n) is 5.35. The van der Waals surface area contributed by atoms with Crippen molar-refractivity contribution in [3.8, 4) is 11.1 Å². The molecule has 2 aromatic carbocycles. The van der Waals surface area contributed by atoms with Gasteiger partial charge >= 0.3 is 35.6 Å². The monoisotopic (exact) mass is 569 g/mol. The Morgan fingerprint density at radius 2 is 0.943 bits per heavy atom. The number of hydrogen-bond donors (Lipinski definition) is 0. The Balaban J connectivity index is 0.00000145. The van der Waals surface area contributed by atoms with Crippen LogP contribution in [0.15, 0.2) is 36.4 Å². The van der Waals surface area contributed by atoms with Crippen LogP contribution in [0.5, 0.6) is 0 Å². The second kappa shape index (κ2) is 11.0. The molecule has 1 nitrogen and oxygen atoms in total. The van der Waals surface area contributed by atoms with Crippen molar-refractivity contribution in [1.29, 1.82) is 0 Å². The number of fused-ring (bicyclic) bond motifs is 3. The quantitative estimate of drug-likeness (QED) is 0.185. The number of hydrogen-bond acceptors (Lipinski definition) is 0. The molecule has 0 aliphatic heterocycles. The number of halogens is 2. The summed E-state index contributed by atoms with van der Waals surface area (Å²) < 4.78 is 0. The van der Waals surface area contributed by atoms with E-state index in [1.165, 1.54) is 33.4 Å². The second-order valence-electron chi connectivity index (χ2n) is 13.6. The van der Waals surface area contributed by atoms with Crippen LogP contribution in [0.25, 0.3) is 16.3 Å². The third-order valence-electron chi connectivity index (χ3n) is 7.13. The zero-order chi connectivity index (χ0) is 26.5. The number of rotatable bonds is 1. The molecule has 0 unspecified atom stereocenters. The minimum absolute atomic E-state index is 0. The van der Waals surface area contributed by atoms with Gasteiger partial charge in [-0.2, -0.15) is 0 Å². The molecular formula is C30H46Cl2NPTi-2. The molecule has 0 aromatic heterocycles. The van der Waals surface area contributed by atoms with Crippen LogP contribution in [-0.2, 0) is 27.9 Å². The molecule has 0 saturated heterocycles. The average molecular weight is 570 g/mol. The summed E-state index contributed by atoms with van der Waals surface area (Å²) in [6.07, 6.45) is 0. The first-order chi connectivity index (χ1) is 15.2. The molecule has 5 heteroatoms. The van der Waals surface area contributed by atoms with E-state index in [2.05, 4.69) is 119 Å². The maximum atomic E-state index is 12.8. The molecule has 0 fully saturated rings. The van der Waals surface area contributed by atoms with Gasteiger partial charge in [0.1, 0.15) is 0 Å². The van der Waals surface area contributed by atoms with Crippen LogP contribution in [0.2, 0.25) is 0 Å². The van der Waals surface area contributed by atoms with Crippen molar-refractivity contribution in [3.05, 3.63) is 71.2 Å². The van der Waals surface area contributed by atoms with E-state index in [1.54, 1.807) is 0 Å². The van der Waals surface area contributed by atoms with Crippen LogP contribution >= 0.6 is 25.7 Å². The third-order valence-corrected chi connectivity index (χ3v) is 12.5. The topological polar surface area (TPSA) is 22.3 Å². The molecule has 1 aliphatic carbocycles. The normalized spacial score (nSPS) is 14.3. The minimum atomic E-state index is -2.49. The summed E-state index contributed by atoms with van der Waals surface area (Å²) in [7, 11) is 7.28. The van der Waals surface area contributed by atoms with Crippen LogP contribution in [0.3, 0.4) is 0 Å². The molecule has 2 aromatic rings. The van der Waals surface area contributed by atoms with Crippen molar-refractivity contribution in [2.24, 2.45) is 0 Å². The summed E-state index contributed by atoms with van der Waals surface area (Å²) in [6, 6.07) is 14.0. The number of benzene rings is 2. The van der Waals surface area contributed by atoms with Crippen molar-refractivity contribution in [1.82, 2.24) is 0 Å². The SMILES string of the molecule is CC(C)(C)c1ccc2c(c1)C(P(=[N-])(C(C)(C)C)C(C)(C)C)c1cc(C(C)(C)C)ccc1-2.[CH3-].[Cl][Ti][Cl]. The standard InChI is InChI=1S/C29H43NP.CH3.2ClH.Ti/c1-26(2,3)19-13-15-21-22-16-14-20(27(4,5)6)18-24(22)25(23(21)17-19)31(30,28(7,8)9)29(10,11)12;;;;/h13-18,25H,1-12H3;1H3;2*1H;/q2*-1;;;+2/p-2. The van der Waals surface area contributed by atoms with Gasteiger partial charge < -0.3 is 12.6 Å². The van der Waals surface area contributed by atoms with E-state index in [0.717, 1.165) is 0 Å². The molecule has 0 amide bonds. The van der Waals surface area contributed by atoms with Gasteiger partial charge in [-0.1, -0.05) is 119 Å². The van der Waals surface area contributed by atoms with E-state index in [4.69, 9.17) is 18.6 Å². The van der Waals surface area contributed by atoms with Crippen LogP contribution in [0.1, 0.15) is 111 Å². The summed E-state index contributed by atoms with van der Waals surface area (Å²) >= 11 is -0.556. The van der Waals surface area contributed by atoms with Crippen LogP contribution in [0, 0.1) is 7.43 Å². The fraction of sp³-hybridized carbons (Fsp3) is 0.567. The summed E-state index contributed by atoms with van der Waals surface area (Å²) in [4.78, 5) is 0. The van der Waals surface area contributed by atoms with Crippen molar-refractivity contribution < 1.29 is 17.0 Å². The maximum absolute atomic E-state index is 12.8. The van der Waals surface area contributed by atoms with E-state index in [-0.39, 0.29) is 34.2 Å². The molecule has 3 rings (SSSR count). The number of nitrogens with zero attached hydrogens (tertiary/aromatic N) is 1. The average Bonchev–Trinajstić information content (AvgIpc) is 2.98. The van der Waals surface area contributed by atoms with Crippen LogP contribution < -0.4 is 0 Å². The Kier molecular flexibility index (Phi) is 10.4. The summed E-state index contributed by atoms with van der Waals surface area (Å²) in [5, 5.41) is 12.4. The third kappa shape index (κ3) is 6.34. The molecule has 0 atom stereocenters. The van der Waals surface area contributed by atoms with E-state index >= 15 is 0 Å². The first kappa shape index (κ1) is 33.0. The molecule has 1 aliphatic rings. The van der Waals surface area contributed by atoms with Gasteiger partial charge in [-0.3, -0.25) is 0 Å².